The number of carbonyl (C=O) groups is 1. The highest BCUT2D eigenvalue weighted by molar-refractivity contribution is 5.76. The summed E-state index contributed by atoms with van der Waals surface area (Å²) >= 11 is 0. The molecule has 0 aromatic heterocycles. The molecule has 94 valence electrons. The van der Waals surface area contributed by atoms with Crippen LogP contribution in [-0.2, 0) is 11.2 Å². The monoisotopic (exact) mass is 235 g/mol. The van der Waals surface area contributed by atoms with Crippen LogP contribution < -0.4 is 5.32 Å². The topological polar surface area (TPSA) is 49.3 Å². The maximum absolute atomic E-state index is 11.7. The lowest BCUT2D eigenvalue weighted by Crippen LogP contribution is -2.41. The molecular weight excluding hydrogens is 214 g/mol. The summed E-state index contributed by atoms with van der Waals surface area (Å²) in [6, 6.07) is 9.79. The van der Waals surface area contributed by atoms with Gasteiger partial charge in [-0.15, -0.1) is 0 Å². The van der Waals surface area contributed by atoms with Crippen molar-refractivity contribution in [1.29, 1.82) is 0 Å². The fraction of sp³-hybridized carbons (Fsp3) is 0.500. The largest absolute Gasteiger partial charge is 0.394 e. The van der Waals surface area contributed by atoms with E-state index in [-0.39, 0.29) is 24.5 Å². The third kappa shape index (κ3) is 5.00. The number of rotatable bonds is 6. The van der Waals surface area contributed by atoms with Gasteiger partial charge >= 0.3 is 0 Å². The van der Waals surface area contributed by atoms with Crippen LogP contribution in [0.2, 0.25) is 0 Å². The number of aliphatic hydroxyl groups excluding tert-OH is 1. The van der Waals surface area contributed by atoms with E-state index in [1.165, 1.54) is 0 Å². The molecule has 1 rings (SSSR count). The number of aryl methyl sites for hydroxylation is 1. The van der Waals surface area contributed by atoms with Crippen LogP contribution in [0.15, 0.2) is 30.3 Å². The SMILES string of the molecule is CC(C)C(CO)NC(=O)CCc1ccccc1. The lowest BCUT2D eigenvalue weighted by atomic mass is 10.0. The van der Waals surface area contributed by atoms with Crippen LogP contribution in [0.1, 0.15) is 25.8 Å². The molecule has 0 aliphatic heterocycles. The number of benzene rings is 1. The summed E-state index contributed by atoms with van der Waals surface area (Å²) in [6.07, 6.45) is 1.20. The summed E-state index contributed by atoms with van der Waals surface area (Å²) in [5, 5.41) is 12.0. The first kappa shape index (κ1) is 13.7. The smallest absolute Gasteiger partial charge is 0.220 e. The van der Waals surface area contributed by atoms with Crippen molar-refractivity contribution in [3.8, 4) is 0 Å². The molecule has 3 nitrogen and oxygen atoms in total. The van der Waals surface area contributed by atoms with Gasteiger partial charge in [0, 0.05) is 6.42 Å². The molecule has 3 heteroatoms. The van der Waals surface area contributed by atoms with Crippen LogP contribution in [-0.4, -0.2) is 23.7 Å². The van der Waals surface area contributed by atoms with Gasteiger partial charge in [0.15, 0.2) is 0 Å². The molecular formula is C14H21NO2. The van der Waals surface area contributed by atoms with Crippen molar-refractivity contribution in [2.45, 2.75) is 32.7 Å². The van der Waals surface area contributed by atoms with Gasteiger partial charge in [-0.2, -0.15) is 0 Å². The Morgan fingerprint density at radius 3 is 2.47 bits per heavy atom. The Hall–Kier alpha value is -1.35. The van der Waals surface area contributed by atoms with Gasteiger partial charge < -0.3 is 10.4 Å². The van der Waals surface area contributed by atoms with E-state index in [4.69, 9.17) is 5.11 Å². The second kappa shape index (κ2) is 7.07. The van der Waals surface area contributed by atoms with Crippen molar-refractivity contribution >= 4 is 5.91 Å². The number of aliphatic hydroxyl groups is 1. The molecule has 1 unspecified atom stereocenters. The Kier molecular flexibility index (Phi) is 5.70. The van der Waals surface area contributed by atoms with E-state index < -0.39 is 0 Å². The molecule has 0 saturated heterocycles. The number of hydrogen-bond donors (Lipinski definition) is 2. The van der Waals surface area contributed by atoms with Crippen molar-refractivity contribution < 1.29 is 9.90 Å². The van der Waals surface area contributed by atoms with E-state index in [9.17, 15) is 4.79 Å². The number of nitrogens with one attached hydrogen (secondary N) is 1. The predicted molar refractivity (Wildman–Crippen MR) is 68.6 cm³/mol. The average molecular weight is 235 g/mol. The molecule has 1 aromatic carbocycles. The Morgan fingerprint density at radius 2 is 1.94 bits per heavy atom. The highest BCUT2D eigenvalue weighted by Crippen LogP contribution is 2.04. The molecule has 0 bridgehead atoms. The van der Waals surface area contributed by atoms with E-state index in [0.29, 0.717) is 6.42 Å². The zero-order valence-electron chi connectivity index (χ0n) is 10.5. The van der Waals surface area contributed by atoms with Crippen molar-refractivity contribution in [2.24, 2.45) is 5.92 Å². The van der Waals surface area contributed by atoms with Crippen LogP contribution in [0.5, 0.6) is 0 Å². The van der Waals surface area contributed by atoms with Crippen LogP contribution in [0.3, 0.4) is 0 Å². The van der Waals surface area contributed by atoms with E-state index >= 15 is 0 Å². The summed E-state index contributed by atoms with van der Waals surface area (Å²) in [6.45, 7) is 3.96. The zero-order chi connectivity index (χ0) is 12.7. The van der Waals surface area contributed by atoms with Gasteiger partial charge in [0.05, 0.1) is 12.6 Å². The molecule has 1 aromatic rings. The number of hydrogen-bond acceptors (Lipinski definition) is 2. The normalized spacial score (nSPS) is 12.5. The highest BCUT2D eigenvalue weighted by Gasteiger charge is 2.14. The number of amides is 1. The van der Waals surface area contributed by atoms with Gasteiger partial charge in [0.25, 0.3) is 0 Å². The summed E-state index contributed by atoms with van der Waals surface area (Å²) in [4.78, 5) is 11.7. The fourth-order valence-electron chi connectivity index (χ4n) is 1.60. The maximum Gasteiger partial charge on any atom is 0.220 e. The molecule has 0 heterocycles. The van der Waals surface area contributed by atoms with Gasteiger partial charge in [-0.3, -0.25) is 4.79 Å². The third-order valence-electron chi connectivity index (χ3n) is 2.83. The number of carbonyl (C=O) groups excluding carboxylic acids is 1. The van der Waals surface area contributed by atoms with Crippen LogP contribution >= 0.6 is 0 Å². The van der Waals surface area contributed by atoms with Crippen LogP contribution in [0, 0.1) is 5.92 Å². The molecule has 0 radical (unpaired) electrons. The zero-order valence-corrected chi connectivity index (χ0v) is 10.5. The molecule has 1 atom stereocenters. The molecule has 0 aliphatic rings. The standard InChI is InChI=1S/C14H21NO2/c1-11(2)13(10-16)15-14(17)9-8-12-6-4-3-5-7-12/h3-7,11,13,16H,8-10H2,1-2H3,(H,15,17). The molecule has 0 aliphatic carbocycles. The van der Waals surface area contributed by atoms with E-state index in [0.717, 1.165) is 12.0 Å². The summed E-state index contributed by atoms with van der Waals surface area (Å²) in [5.74, 6) is 0.252. The Balaban J connectivity index is 2.35. The lowest BCUT2D eigenvalue weighted by molar-refractivity contribution is -0.122. The molecule has 17 heavy (non-hydrogen) atoms. The summed E-state index contributed by atoms with van der Waals surface area (Å²) in [7, 11) is 0. The molecule has 0 saturated carbocycles. The van der Waals surface area contributed by atoms with Crippen molar-refractivity contribution in [1.82, 2.24) is 5.32 Å². The fourth-order valence-corrected chi connectivity index (χ4v) is 1.60. The first-order chi connectivity index (χ1) is 8.13. The van der Waals surface area contributed by atoms with Gasteiger partial charge in [-0.05, 0) is 17.9 Å². The average Bonchev–Trinajstić information content (AvgIpc) is 2.34. The van der Waals surface area contributed by atoms with E-state index in [1.54, 1.807) is 0 Å². The maximum atomic E-state index is 11.7. The van der Waals surface area contributed by atoms with Crippen molar-refractivity contribution in [3.63, 3.8) is 0 Å². The molecule has 2 N–H and O–H groups in total. The van der Waals surface area contributed by atoms with Gasteiger partial charge in [0.1, 0.15) is 0 Å². The highest BCUT2D eigenvalue weighted by atomic mass is 16.3. The third-order valence-corrected chi connectivity index (χ3v) is 2.83. The van der Waals surface area contributed by atoms with Gasteiger partial charge in [-0.25, -0.2) is 0 Å². The molecule has 0 fully saturated rings. The minimum atomic E-state index is -0.140. The second-order valence-corrected chi connectivity index (χ2v) is 4.59. The first-order valence-corrected chi connectivity index (χ1v) is 6.07. The minimum absolute atomic E-state index is 0.00148. The van der Waals surface area contributed by atoms with Gasteiger partial charge in [0.2, 0.25) is 5.91 Å². The van der Waals surface area contributed by atoms with Gasteiger partial charge in [-0.1, -0.05) is 44.2 Å². The Bertz CT molecular complexity index is 335. The minimum Gasteiger partial charge on any atom is -0.394 e. The lowest BCUT2D eigenvalue weighted by Gasteiger charge is -2.19. The van der Waals surface area contributed by atoms with Crippen LogP contribution in [0.4, 0.5) is 0 Å². The van der Waals surface area contributed by atoms with E-state index in [2.05, 4.69) is 5.32 Å². The summed E-state index contributed by atoms with van der Waals surface area (Å²) in [5.41, 5.74) is 1.16. The predicted octanol–water partition coefficient (Wildman–Crippen LogP) is 1.75. The van der Waals surface area contributed by atoms with Crippen molar-refractivity contribution in [2.75, 3.05) is 6.61 Å². The van der Waals surface area contributed by atoms with Crippen LogP contribution in [0.25, 0.3) is 0 Å². The second-order valence-electron chi connectivity index (χ2n) is 4.59. The van der Waals surface area contributed by atoms with Crippen molar-refractivity contribution in [3.05, 3.63) is 35.9 Å². The summed E-state index contributed by atoms with van der Waals surface area (Å²) < 4.78 is 0. The Morgan fingerprint density at radius 1 is 1.29 bits per heavy atom. The molecule has 1 amide bonds. The van der Waals surface area contributed by atoms with E-state index in [1.807, 2.05) is 44.2 Å². The molecule has 0 spiro atoms. The quantitative estimate of drug-likeness (QED) is 0.789. The Labute approximate surface area is 103 Å². The first-order valence-electron chi connectivity index (χ1n) is 6.07.